The van der Waals surface area contributed by atoms with Gasteiger partial charge in [0.05, 0.1) is 12.7 Å². The highest BCUT2D eigenvalue weighted by Gasteiger charge is 2.36. The summed E-state index contributed by atoms with van der Waals surface area (Å²) in [6.45, 7) is 1.17. The second-order valence-corrected chi connectivity index (χ2v) is 3.96. The lowest BCUT2D eigenvalue weighted by molar-refractivity contribution is -0.498. The lowest BCUT2D eigenvalue weighted by atomic mass is 10.1. The van der Waals surface area contributed by atoms with E-state index < -0.39 is 36.9 Å². The summed E-state index contributed by atoms with van der Waals surface area (Å²) >= 11 is 0. The standard InChI is InChI=1S/C5H6N2O2.C5H9O5/c1-3-2-6-5(9)7-4(3)8;6-1-2-3(7)4(8)5(9)10-2/h2H,1H3,(H2,6,7,8,9);2-8H,1H2/q;-1/t;2-,3-,4-,5?/m.1/s1. The van der Waals surface area contributed by atoms with E-state index in [4.69, 9.17) is 15.3 Å². The molecule has 1 aliphatic rings. The number of aromatic nitrogens is 2. The van der Waals surface area contributed by atoms with Crippen LogP contribution in [0, 0.1) is 6.92 Å². The molecule has 108 valence electrons. The number of nitrogens with one attached hydrogen (secondary N) is 2. The Hall–Kier alpha value is -1.52. The van der Waals surface area contributed by atoms with Crippen LogP contribution in [-0.2, 0) is 4.74 Å². The van der Waals surface area contributed by atoms with E-state index in [-0.39, 0.29) is 5.56 Å². The number of aryl methyl sites for hydroxylation is 1. The quantitative estimate of drug-likeness (QED) is 0.351. The van der Waals surface area contributed by atoms with Gasteiger partial charge in [0.25, 0.3) is 5.56 Å². The molecule has 5 N–H and O–H groups in total. The first-order valence-corrected chi connectivity index (χ1v) is 5.43. The first kappa shape index (κ1) is 15.5. The number of hydrogen-bond donors (Lipinski definition) is 5. The Morgan fingerprint density at radius 3 is 2.32 bits per heavy atom. The lowest BCUT2D eigenvalue weighted by Gasteiger charge is -2.18. The van der Waals surface area contributed by atoms with Gasteiger partial charge in [0, 0.05) is 18.1 Å². The number of hydrogen-bond acceptors (Lipinski definition) is 7. The number of aliphatic hydroxyl groups is 3. The van der Waals surface area contributed by atoms with Crippen LogP contribution >= 0.6 is 0 Å². The van der Waals surface area contributed by atoms with Crippen LogP contribution in [0.3, 0.4) is 0 Å². The van der Waals surface area contributed by atoms with Gasteiger partial charge in [-0.15, -0.1) is 0 Å². The van der Waals surface area contributed by atoms with Gasteiger partial charge in [-0.2, -0.15) is 0 Å². The maximum Gasteiger partial charge on any atom is 0.325 e. The molecule has 0 aliphatic carbocycles. The van der Waals surface area contributed by atoms with E-state index in [2.05, 4.69) is 14.7 Å². The Balaban J connectivity index is 0.000000191. The Morgan fingerprint density at radius 2 is 2.00 bits per heavy atom. The van der Waals surface area contributed by atoms with E-state index in [0.29, 0.717) is 5.56 Å². The third kappa shape index (κ3) is 3.98. The smallest absolute Gasteiger partial charge is 0.325 e. The third-order valence-corrected chi connectivity index (χ3v) is 2.50. The maximum absolute atomic E-state index is 10.6. The first-order chi connectivity index (χ1) is 8.86. The van der Waals surface area contributed by atoms with Crippen LogP contribution in [0.4, 0.5) is 0 Å². The van der Waals surface area contributed by atoms with Crippen LogP contribution in [0.15, 0.2) is 15.8 Å². The first-order valence-electron chi connectivity index (χ1n) is 5.43. The molecule has 1 aliphatic heterocycles. The van der Waals surface area contributed by atoms with E-state index in [1.165, 1.54) is 6.20 Å². The zero-order chi connectivity index (χ0) is 14.6. The third-order valence-electron chi connectivity index (χ3n) is 2.50. The van der Waals surface area contributed by atoms with Gasteiger partial charge < -0.3 is 30.1 Å². The molecule has 1 saturated heterocycles. The Kier molecular flexibility index (Phi) is 5.39. The summed E-state index contributed by atoms with van der Waals surface area (Å²) < 4.78 is 4.43. The normalized spacial score (nSPS) is 29.7. The van der Waals surface area contributed by atoms with Gasteiger partial charge in [-0.05, 0) is 6.92 Å². The van der Waals surface area contributed by atoms with E-state index in [1.807, 2.05) is 0 Å². The van der Waals surface area contributed by atoms with Crippen LogP contribution in [0.2, 0.25) is 0 Å². The molecule has 0 aromatic carbocycles. The van der Waals surface area contributed by atoms with Gasteiger partial charge in [0.15, 0.2) is 0 Å². The molecule has 1 aromatic rings. The maximum atomic E-state index is 10.6. The van der Waals surface area contributed by atoms with E-state index in [1.54, 1.807) is 6.92 Å². The highest BCUT2D eigenvalue weighted by Crippen LogP contribution is 2.16. The average molecular weight is 275 g/mol. The van der Waals surface area contributed by atoms with Gasteiger partial charge >= 0.3 is 5.69 Å². The number of ether oxygens (including phenoxy) is 1. The molecular formula is C10H15N2O7-. The summed E-state index contributed by atoms with van der Waals surface area (Å²) in [6.07, 6.45) is -3.87. The second-order valence-electron chi connectivity index (χ2n) is 3.96. The molecule has 4 atom stereocenters. The van der Waals surface area contributed by atoms with Gasteiger partial charge in [-0.3, -0.25) is 9.78 Å². The molecule has 1 unspecified atom stereocenters. The minimum Gasteiger partial charge on any atom is -0.829 e. The fourth-order valence-corrected chi connectivity index (χ4v) is 1.34. The molecule has 9 nitrogen and oxygen atoms in total. The number of rotatable bonds is 1. The molecule has 0 radical (unpaired) electrons. The minimum absolute atomic E-state index is 0.334. The number of aliphatic hydroxyl groups excluding tert-OH is 3. The lowest BCUT2D eigenvalue weighted by Crippen LogP contribution is -2.39. The fraction of sp³-hybridized carbons (Fsp3) is 0.600. The minimum atomic E-state index is -1.63. The summed E-state index contributed by atoms with van der Waals surface area (Å²) in [5, 5.41) is 36.6. The molecule has 1 fully saturated rings. The van der Waals surface area contributed by atoms with Gasteiger partial charge in [-0.1, -0.05) is 0 Å². The summed E-state index contributed by atoms with van der Waals surface area (Å²) in [4.78, 5) is 25.3. The van der Waals surface area contributed by atoms with Crippen molar-refractivity contribution >= 4 is 0 Å². The van der Waals surface area contributed by atoms with Crippen LogP contribution in [0.5, 0.6) is 0 Å². The average Bonchev–Trinajstić information content (AvgIpc) is 2.62. The molecule has 19 heavy (non-hydrogen) atoms. The summed E-state index contributed by atoms with van der Waals surface area (Å²) in [5.41, 5.74) is -0.293. The molecule has 1 aromatic heterocycles. The van der Waals surface area contributed by atoms with E-state index in [9.17, 15) is 14.7 Å². The van der Waals surface area contributed by atoms with Crippen molar-refractivity contribution in [3.8, 4) is 0 Å². The SMILES string of the molecule is Cc1c[nH]c(=O)[nH]c1=O.[O-]C1O[C@H](CO)[C@@H](O)[C@H]1O. The van der Waals surface area contributed by atoms with Crippen molar-refractivity contribution in [2.45, 2.75) is 31.5 Å². The zero-order valence-corrected chi connectivity index (χ0v) is 10.1. The monoisotopic (exact) mass is 275 g/mol. The van der Waals surface area contributed by atoms with Crippen LogP contribution in [-0.4, -0.2) is 56.5 Å². The van der Waals surface area contributed by atoms with Gasteiger partial charge in [-0.25, -0.2) is 4.79 Å². The van der Waals surface area contributed by atoms with Crippen molar-refractivity contribution in [1.29, 1.82) is 0 Å². The molecule has 0 saturated carbocycles. The summed E-state index contributed by atoms with van der Waals surface area (Å²) in [7, 11) is 0. The zero-order valence-electron chi connectivity index (χ0n) is 10.1. The Bertz CT molecular complexity index is 511. The van der Waals surface area contributed by atoms with Crippen molar-refractivity contribution in [3.05, 3.63) is 32.6 Å². The van der Waals surface area contributed by atoms with E-state index >= 15 is 0 Å². The van der Waals surface area contributed by atoms with Gasteiger partial charge in [0.2, 0.25) is 0 Å². The topological polar surface area (TPSA) is 159 Å². The largest absolute Gasteiger partial charge is 0.829 e. The molecule has 0 amide bonds. The molecule has 2 heterocycles. The van der Waals surface area contributed by atoms with Gasteiger partial charge in [0.1, 0.15) is 12.2 Å². The van der Waals surface area contributed by atoms with Crippen LogP contribution in [0.1, 0.15) is 5.56 Å². The predicted molar refractivity (Wildman–Crippen MR) is 60.2 cm³/mol. The van der Waals surface area contributed by atoms with Crippen molar-refractivity contribution in [2.24, 2.45) is 0 Å². The predicted octanol–water partition coefficient (Wildman–Crippen LogP) is -3.84. The van der Waals surface area contributed by atoms with Crippen molar-refractivity contribution in [3.63, 3.8) is 0 Å². The van der Waals surface area contributed by atoms with Crippen molar-refractivity contribution < 1.29 is 25.2 Å². The Morgan fingerprint density at radius 1 is 1.37 bits per heavy atom. The summed E-state index contributed by atoms with van der Waals surface area (Å²) in [5.74, 6) is 0. The molecular weight excluding hydrogens is 260 g/mol. The Labute approximate surface area is 107 Å². The number of H-pyrrole nitrogens is 2. The molecule has 2 rings (SSSR count). The molecule has 0 bridgehead atoms. The second kappa shape index (κ2) is 6.59. The van der Waals surface area contributed by atoms with Crippen LogP contribution in [0.25, 0.3) is 0 Å². The highest BCUT2D eigenvalue weighted by molar-refractivity contribution is 4.98. The van der Waals surface area contributed by atoms with Crippen molar-refractivity contribution in [2.75, 3.05) is 6.61 Å². The number of aromatic amines is 2. The summed E-state index contributed by atoms with van der Waals surface area (Å²) in [6, 6.07) is 0. The fourth-order valence-electron chi connectivity index (χ4n) is 1.34. The van der Waals surface area contributed by atoms with E-state index in [0.717, 1.165) is 0 Å². The van der Waals surface area contributed by atoms with Crippen LogP contribution < -0.4 is 16.4 Å². The van der Waals surface area contributed by atoms with Crippen molar-refractivity contribution in [1.82, 2.24) is 9.97 Å². The molecule has 0 spiro atoms. The molecule has 9 heteroatoms. The highest BCUT2D eigenvalue weighted by atomic mass is 16.6.